The zero-order chi connectivity index (χ0) is 12.5. The molecule has 5 nitrogen and oxygen atoms in total. The number of hydrogen-bond acceptors (Lipinski definition) is 4. The Balaban J connectivity index is 2.08. The van der Waals surface area contributed by atoms with E-state index in [1.165, 1.54) is 0 Å². The van der Waals surface area contributed by atoms with E-state index in [2.05, 4.69) is 15.6 Å². The van der Waals surface area contributed by atoms with Crippen LogP contribution in [-0.2, 0) is 11.3 Å². The Morgan fingerprint density at radius 2 is 2.24 bits per heavy atom. The van der Waals surface area contributed by atoms with E-state index < -0.39 is 0 Å². The van der Waals surface area contributed by atoms with Crippen LogP contribution in [0.25, 0.3) is 0 Å². The molecule has 94 valence electrons. The largest absolute Gasteiger partial charge is 0.354 e. The number of carbonyl (C=O) groups excluding carboxylic acids is 1. The van der Waals surface area contributed by atoms with Gasteiger partial charge in [0.25, 0.3) is 0 Å². The predicted octanol–water partition coefficient (Wildman–Crippen LogP) is -0.151. The van der Waals surface area contributed by atoms with Crippen LogP contribution in [0.4, 0.5) is 0 Å². The summed E-state index contributed by atoms with van der Waals surface area (Å²) in [5, 5.41) is 5.89. The lowest BCUT2D eigenvalue weighted by Gasteiger charge is -2.10. The summed E-state index contributed by atoms with van der Waals surface area (Å²) in [4.78, 5) is 17.6. The van der Waals surface area contributed by atoms with Gasteiger partial charge in [0.1, 0.15) is 0 Å². The van der Waals surface area contributed by atoms with Gasteiger partial charge in [0, 0.05) is 25.8 Å². The average Bonchev–Trinajstić information content (AvgIpc) is 2.30. The lowest BCUT2D eigenvalue weighted by atomic mass is 10.3. The molecule has 0 aromatic carbocycles. The van der Waals surface area contributed by atoms with Crippen LogP contribution in [-0.4, -0.2) is 49.5 Å². The second-order valence-corrected chi connectivity index (χ2v) is 4.08. The van der Waals surface area contributed by atoms with Crippen molar-refractivity contribution >= 4 is 5.91 Å². The number of carbonyl (C=O) groups is 1. The van der Waals surface area contributed by atoms with Crippen LogP contribution in [0, 0.1) is 0 Å². The third kappa shape index (κ3) is 6.65. The minimum absolute atomic E-state index is 0.0165. The first-order valence-corrected chi connectivity index (χ1v) is 5.70. The monoisotopic (exact) mass is 236 g/mol. The predicted molar refractivity (Wildman–Crippen MR) is 67.5 cm³/mol. The Kier molecular flexibility index (Phi) is 6.21. The van der Waals surface area contributed by atoms with E-state index in [-0.39, 0.29) is 5.91 Å². The summed E-state index contributed by atoms with van der Waals surface area (Å²) in [5.41, 5.74) is 0.939. The third-order valence-electron chi connectivity index (χ3n) is 2.20. The second kappa shape index (κ2) is 7.76. The van der Waals surface area contributed by atoms with Gasteiger partial charge in [-0.25, -0.2) is 0 Å². The molecule has 0 saturated heterocycles. The van der Waals surface area contributed by atoms with Gasteiger partial charge in [-0.05, 0) is 26.2 Å². The highest BCUT2D eigenvalue weighted by Gasteiger charge is 2.00. The first-order chi connectivity index (χ1) is 8.18. The Labute approximate surface area is 102 Å². The number of rotatable bonds is 7. The fraction of sp³-hybridized carbons (Fsp3) is 0.500. The summed E-state index contributed by atoms with van der Waals surface area (Å²) in [5.74, 6) is 0.0165. The van der Waals surface area contributed by atoms with Crippen LogP contribution in [0.3, 0.4) is 0 Å². The van der Waals surface area contributed by atoms with E-state index in [0.717, 1.165) is 12.2 Å². The molecule has 0 aliphatic rings. The smallest absolute Gasteiger partial charge is 0.234 e. The van der Waals surface area contributed by atoms with Gasteiger partial charge in [-0.15, -0.1) is 0 Å². The zero-order valence-corrected chi connectivity index (χ0v) is 10.4. The maximum atomic E-state index is 11.4. The van der Waals surface area contributed by atoms with Crippen molar-refractivity contribution in [2.24, 2.45) is 0 Å². The summed E-state index contributed by atoms with van der Waals surface area (Å²) >= 11 is 0. The van der Waals surface area contributed by atoms with Gasteiger partial charge in [0.2, 0.25) is 5.91 Å². The molecular weight excluding hydrogens is 216 g/mol. The molecule has 0 fully saturated rings. The summed E-state index contributed by atoms with van der Waals surface area (Å²) in [7, 11) is 3.96. The van der Waals surface area contributed by atoms with Gasteiger partial charge in [-0.1, -0.05) is 6.07 Å². The molecule has 1 aromatic rings. The van der Waals surface area contributed by atoms with Gasteiger partial charge < -0.3 is 15.5 Å². The van der Waals surface area contributed by atoms with Gasteiger partial charge in [0.15, 0.2) is 0 Å². The number of pyridine rings is 1. The highest BCUT2D eigenvalue weighted by molar-refractivity contribution is 5.77. The van der Waals surface area contributed by atoms with Crippen LogP contribution in [0.15, 0.2) is 24.4 Å². The van der Waals surface area contributed by atoms with Crippen molar-refractivity contribution in [3.05, 3.63) is 30.1 Å². The van der Waals surface area contributed by atoms with Crippen molar-refractivity contribution in [1.82, 2.24) is 20.5 Å². The highest BCUT2D eigenvalue weighted by Crippen LogP contribution is 1.91. The molecule has 0 aliphatic carbocycles. The molecule has 1 amide bonds. The fourth-order valence-corrected chi connectivity index (χ4v) is 1.29. The lowest BCUT2D eigenvalue weighted by molar-refractivity contribution is -0.120. The van der Waals surface area contributed by atoms with Crippen LogP contribution in [0.5, 0.6) is 0 Å². The van der Waals surface area contributed by atoms with E-state index in [1.54, 1.807) is 6.20 Å². The average molecular weight is 236 g/mol. The molecule has 5 heteroatoms. The molecule has 2 N–H and O–H groups in total. The van der Waals surface area contributed by atoms with Crippen molar-refractivity contribution < 1.29 is 4.79 Å². The molecule has 0 radical (unpaired) electrons. The van der Waals surface area contributed by atoms with E-state index in [0.29, 0.717) is 19.6 Å². The van der Waals surface area contributed by atoms with Crippen LogP contribution in [0.2, 0.25) is 0 Å². The number of amides is 1. The standard InChI is InChI=1S/C12H20N4O/c1-16(2)8-7-15-12(17)10-13-9-11-5-3-4-6-14-11/h3-6,13H,7-10H2,1-2H3,(H,15,17). The molecule has 0 aliphatic heterocycles. The molecule has 0 atom stereocenters. The molecule has 1 rings (SSSR count). The van der Waals surface area contributed by atoms with Crippen molar-refractivity contribution in [3.8, 4) is 0 Å². The molecule has 17 heavy (non-hydrogen) atoms. The molecule has 0 saturated carbocycles. The SMILES string of the molecule is CN(C)CCNC(=O)CNCc1ccccn1. The summed E-state index contributed by atoms with van der Waals surface area (Å²) < 4.78 is 0. The quantitative estimate of drug-likeness (QED) is 0.691. The van der Waals surface area contributed by atoms with E-state index in [4.69, 9.17) is 0 Å². The summed E-state index contributed by atoms with van der Waals surface area (Å²) in [6.45, 7) is 2.47. The first kappa shape index (κ1) is 13.6. The molecule has 0 spiro atoms. The van der Waals surface area contributed by atoms with Gasteiger partial charge in [-0.3, -0.25) is 9.78 Å². The van der Waals surface area contributed by atoms with Gasteiger partial charge in [0.05, 0.1) is 12.2 Å². The Morgan fingerprint density at radius 3 is 2.88 bits per heavy atom. The Bertz CT molecular complexity index is 327. The minimum Gasteiger partial charge on any atom is -0.354 e. The van der Waals surface area contributed by atoms with Crippen LogP contribution >= 0.6 is 0 Å². The van der Waals surface area contributed by atoms with Crippen molar-refractivity contribution in [1.29, 1.82) is 0 Å². The van der Waals surface area contributed by atoms with Crippen molar-refractivity contribution in [2.75, 3.05) is 33.7 Å². The molecule has 0 unspecified atom stereocenters. The third-order valence-corrected chi connectivity index (χ3v) is 2.20. The fourth-order valence-electron chi connectivity index (χ4n) is 1.29. The van der Waals surface area contributed by atoms with Gasteiger partial charge >= 0.3 is 0 Å². The molecule has 1 aromatic heterocycles. The summed E-state index contributed by atoms with van der Waals surface area (Å²) in [6.07, 6.45) is 1.74. The Hall–Kier alpha value is -1.46. The van der Waals surface area contributed by atoms with Crippen molar-refractivity contribution in [3.63, 3.8) is 0 Å². The normalized spacial score (nSPS) is 10.5. The molecular formula is C12H20N4O. The van der Waals surface area contributed by atoms with E-state index in [9.17, 15) is 4.79 Å². The van der Waals surface area contributed by atoms with Gasteiger partial charge in [-0.2, -0.15) is 0 Å². The highest BCUT2D eigenvalue weighted by atomic mass is 16.1. The van der Waals surface area contributed by atoms with Crippen LogP contribution in [0.1, 0.15) is 5.69 Å². The zero-order valence-electron chi connectivity index (χ0n) is 10.4. The van der Waals surface area contributed by atoms with E-state index >= 15 is 0 Å². The second-order valence-electron chi connectivity index (χ2n) is 4.08. The maximum absolute atomic E-state index is 11.4. The first-order valence-electron chi connectivity index (χ1n) is 5.70. The van der Waals surface area contributed by atoms with E-state index in [1.807, 2.05) is 37.2 Å². The number of nitrogens with zero attached hydrogens (tertiary/aromatic N) is 2. The number of likely N-dealkylation sites (N-methyl/N-ethyl adjacent to an activating group) is 1. The number of hydrogen-bond donors (Lipinski definition) is 2. The minimum atomic E-state index is 0.0165. The Morgan fingerprint density at radius 1 is 1.41 bits per heavy atom. The van der Waals surface area contributed by atoms with Crippen LogP contribution < -0.4 is 10.6 Å². The lowest BCUT2D eigenvalue weighted by Crippen LogP contribution is -2.37. The molecule has 0 bridgehead atoms. The summed E-state index contributed by atoms with van der Waals surface area (Å²) in [6, 6.07) is 5.73. The maximum Gasteiger partial charge on any atom is 0.234 e. The van der Waals surface area contributed by atoms with Crippen molar-refractivity contribution in [2.45, 2.75) is 6.54 Å². The molecule has 1 heterocycles. The topological polar surface area (TPSA) is 57.3 Å². The number of nitrogens with one attached hydrogen (secondary N) is 2. The number of aromatic nitrogens is 1.